The number of carbonyl (C=O) groups is 2. The molecule has 0 heterocycles. The van der Waals surface area contributed by atoms with E-state index in [0.717, 1.165) is 24.7 Å². The second-order valence-corrected chi connectivity index (χ2v) is 5.45. The van der Waals surface area contributed by atoms with Gasteiger partial charge in [-0.25, -0.2) is 4.79 Å². The largest absolute Gasteiger partial charge is 0.465 e. The number of ether oxygens (including phenoxy) is 1. The van der Waals surface area contributed by atoms with Crippen molar-refractivity contribution in [3.8, 4) is 0 Å². The molecule has 1 N–H and O–H groups in total. The molecule has 4 nitrogen and oxygen atoms in total. The summed E-state index contributed by atoms with van der Waals surface area (Å²) in [5.41, 5.74) is 0.946. The zero-order valence-corrected chi connectivity index (χ0v) is 10.9. The minimum Gasteiger partial charge on any atom is -0.465 e. The molecule has 1 aromatic rings. The Balaban J connectivity index is 1.72. The first kappa shape index (κ1) is 12.2. The lowest BCUT2D eigenvalue weighted by atomic mass is 10.0. The van der Waals surface area contributed by atoms with Crippen molar-refractivity contribution in [3.05, 3.63) is 29.8 Å². The van der Waals surface area contributed by atoms with E-state index in [2.05, 4.69) is 5.32 Å². The molecule has 0 radical (unpaired) electrons. The van der Waals surface area contributed by atoms with E-state index in [1.54, 1.807) is 24.3 Å². The molecule has 0 aromatic heterocycles. The van der Waals surface area contributed by atoms with Crippen LogP contribution in [0.25, 0.3) is 0 Å². The van der Waals surface area contributed by atoms with Gasteiger partial charge in [0.1, 0.15) is 0 Å². The summed E-state index contributed by atoms with van der Waals surface area (Å²) in [7, 11) is 1.34. The van der Waals surface area contributed by atoms with E-state index in [0.29, 0.717) is 11.3 Å². The number of esters is 1. The number of hydrogen-bond acceptors (Lipinski definition) is 3. The van der Waals surface area contributed by atoms with Crippen molar-refractivity contribution in [1.29, 1.82) is 0 Å². The van der Waals surface area contributed by atoms with Crippen molar-refractivity contribution in [2.45, 2.75) is 19.3 Å². The molecule has 3 rings (SSSR count). The number of benzene rings is 1. The number of nitrogens with one attached hydrogen (secondary N) is 1. The van der Waals surface area contributed by atoms with Crippen LogP contribution in [-0.2, 0) is 9.53 Å². The maximum Gasteiger partial charge on any atom is 0.339 e. The number of amides is 1. The highest BCUT2D eigenvalue weighted by Crippen LogP contribution is 2.54. The highest BCUT2D eigenvalue weighted by molar-refractivity contribution is 6.01. The first-order chi connectivity index (χ1) is 9.19. The summed E-state index contributed by atoms with van der Waals surface area (Å²) in [6.45, 7) is 0. The molecule has 0 aliphatic heterocycles. The van der Waals surface area contributed by atoms with E-state index >= 15 is 0 Å². The number of anilines is 1. The number of carbonyl (C=O) groups excluding carboxylic acids is 2. The van der Waals surface area contributed by atoms with Crippen molar-refractivity contribution in [2.75, 3.05) is 12.4 Å². The zero-order chi connectivity index (χ0) is 13.4. The smallest absolute Gasteiger partial charge is 0.339 e. The monoisotopic (exact) mass is 259 g/mol. The minimum absolute atomic E-state index is 0.0311. The Bertz CT molecular complexity index is 516. The predicted octanol–water partition coefficient (Wildman–Crippen LogP) is 2.46. The van der Waals surface area contributed by atoms with Gasteiger partial charge in [0.15, 0.2) is 0 Å². The zero-order valence-electron chi connectivity index (χ0n) is 10.9. The van der Waals surface area contributed by atoms with Gasteiger partial charge in [0, 0.05) is 5.92 Å². The molecular formula is C15H17NO3. The second kappa shape index (κ2) is 4.68. The summed E-state index contributed by atoms with van der Waals surface area (Å²) in [6, 6.07) is 6.95. The average Bonchev–Trinajstić information content (AvgIpc) is 3.05. The SMILES string of the molecule is COC(=O)c1ccccc1NC(=O)C1CC2CC2C1. The summed E-state index contributed by atoms with van der Waals surface area (Å²) < 4.78 is 4.72. The number of methoxy groups -OCH3 is 1. The van der Waals surface area contributed by atoms with Gasteiger partial charge in [-0.2, -0.15) is 0 Å². The maximum atomic E-state index is 12.2. The topological polar surface area (TPSA) is 55.4 Å². The van der Waals surface area contributed by atoms with Crippen molar-refractivity contribution >= 4 is 17.6 Å². The number of hydrogen-bond donors (Lipinski definition) is 1. The van der Waals surface area contributed by atoms with Gasteiger partial charge in [-0.1, -0.05) is 12.1 Å². The summed E-state index contributed by atoms with van der Waals surface area (Å²) in [5.74, 6) is 1.25. The molecule has 1 aromatic carbocycles. The standard InChI is InChI=1S/C15H17NO3/c1-19-15(18)12-4-2-3-5-13(12)16-14(17)11-7-9-6-10(9)8-11/h2-5,9-11H,6-8H2,1H3,(H,16,17). The quantitative estimate of drug-likeness (QED) is 0.848. The van der Waals surface area contributed by atoms with E-state index in [1.807, 2.05) is 0 Å². The van der Waals surface area contributed by atoms with E-state index < -0.39 is 5.97 Å². The van der Waals surface area contributed by atoms with Crippen LogP contribution < -0.4 is 5.32 Å². The molecule has 2 aliphatic rings. The Hall–Kier alpha value is -1.84. The van der Waals surface area contributed by atoms with Gasteiger partial charge >= 0.3 is 5.97 Å². The Morgan fingerprint density at radius 2 is 1.84 bits per heavy atom. The Morgan fingerprint density at radius 1 is 1.16 bits per heavy atom. The first-order valence-corrected chi connectivity index (χ1v) is 6.67. The van der Waals surface area contributed by atoms with Crippen LogP contribution in [0.3, 0.4) is 0 Å². The number of rotatable bonds is 3. The van der Waals surface area contributed by atoms with E-state index in [9.17, 15) is 9.59 Å². The Morgan fingerprint density at radius 3 is 2.53 bits per heavy atom. The van der Waals surface area contributed by atoms with Crippen LogP contribution >= 0.6 is 0 Å². The molecule has 0 saturated heterocycles. The minimum atomic E-state index is -0.426. The molecule has 2 aliphatic carbocycles. The summed E-state index contributed by atoms with van der Waals surface area (Å²) in [5, 5.41) is 2.87. The molecule has 2 unspecified atom stereocenters. The van der Waals surface area contributed by atoms with Gasteiger partial charge in [-0.15, -0.1) is 0 Å². The summed E-state index contributed by atoms with van der Waals surface area (Å²) >= 11 is 0. The third-order valence-corrected chi connectivity index (χ3v) is 4.20. The Kier molecular flexibility index (Phi) is 3.01. The van der Waals surface area contributed by atoms with Gasteiger partial charge in [-0.3, -0.25) is 4.79 Å². The molecule has 0 spiro atoms. The van der Waals surface area contributed by atoms with Crippen LogP contribution in [0.4, 0.5) is 5.69 Å². The third kappa shape index (κ3) is 2.35. The average molecular weight is 259 g/mol. The van der Waals surface area contributed by atoms with Gasteiger partial charge in [0.25, 0.3) is 0 Å². The lowest BCUT2D eigenvalue weighted by molar-refractivity contribution is -0.120. The van der Waals surface area contributed by atoms with Gasteiger partial charge in [0.05, 0.1) is 18.4 Å². The fourth-order valence-electron chi connectivity index (χ4n) is 3.04. The van der Waals surface area contributed by atoms with Gasteiger partial charge in [-0.05, 0) is 43.2 Å². The van der Waals surface area contributed by atoms with Gasteiger partial charge in [0.2, 0.25) is 5.91 Å². The molecular weight excluding hydrogens is 242 g/mol. The molecule has 2 fully saturated rings. The van der Waals surface area contributed by atoms with Crippen LogP contribution in [0.15, 0.2) is 24.3 Å². The fraction of sp³-hybridized carbons (Fsp3) is 0.467. The molecule has 2 saturated carbocycles. The molecule has 4 heteroatoms. The lowest BCUT2D eigenvalue weighted by Crippen LogP contribution is -2.23. The lowest BCUT2D eigenvalue weighted by Gasteiger charge is -2.14. The van der Waals surface area contributed by atoms with Crippen LogP contribution in [0.1, 0.15) is 29.6 Å². The number of fused-ring (bicyclic) bond motifs is 1. The van der Waals surface area contributed by atoms with Crippen LogP contribution in [0.2, 0.25) is 0 Å². The van der Waals surface area contributed by atoms with E-state index in [-0.39, 0.29) is 11.8 Å². The first-order valence-electron chi connectivity index (χ1n) is 6.67. The highest BCUT2D eigenvalue weighted by atomic mass is 16.5. The second-order valence-electron chi connectivity index (χ2n) is 5.45. The molecule has 19 heavy (non-hydrogen) atoms. The Labute approximate surface area is 112 Å². The maximum absolute atomic E-state index is 12.2. The van der Waals surface area contributed by atoms with Crippen LogP contribution in [-0.4, -0.2) is 19.0 Å². The third-order valence-electron chi connectivity index (χ3n) is 4.20. The summed E-state index contributed by atoms with van der Waals surface area (Å²) in [4.78, 5) is 23.8. The van der Waals surface area contributed by atoms with Crippen LogP contribution in [0.5, 0.6) is 0 Å². The predicted molar refractivity (Wildman–Crippen MR) is 70.7 cm³/mol. The van der Waals surface area contributed by atoms with Crippen molar-refractivity contribution in [3.63, 3.8) is 0 Å². The highest BCUT2D eigenvalue weighted by Gasteiger charge is 2.48. The normalized spacial score (nSPS) is 27.5. The van der Waals surface area contributed by atoms with Crippen molar-refractivity contribution < 1.29 is 14.3 Å². The van der Waals surface area contributed by atoms with Crippen molar-refractivity contribution in [2.24, 2.45) is 17.8 Å². The number of para-hydroxylation sites is 1. The summed E-state index contributed by atoms with van der Waals surface area (Å²) in [6.07, 6.45) is 3.29. The fourth-order valence-corrected chi connectivity index (χ4v) is 3.04. The van der Waals surface area contributed by atoms with E-state index in [1.165, 1.54) is 13.5 Å². The van der Waals surface area contributed by atoms with Crippen molar-refractivity contribution in [1.82, 2.24) is 0 Å². The molecule has 100 valence electrons. The van der Waals surface area contributed by atoms with Gasteiger partial charge < -0.3 is 10.1 Å². The molecule has 2 atom stereocenters. The molecule has 0 bridgehead atoms. The van der Waals surface area contributed by atoms with E-state index in [4.69, 9.17) is 4.74 Å². The molecule has 1 amide bonds. The van der Waals surface area contributed by atoms with Crippen LogP contribution in [0, 0.1) is 17.8 Å².